The molecule has 1 atom stereocenters. The van der Waals surface area contributed by atoms with Crippen molar-refractivity contribution in [1.29, 1.82) is 0 Å². The molecule has 0 unspecified atom stereocenters. The van der Waals surface area contributed by atoms with Crippen LogP contribution in [0.25, 0.3) is 22.4 Å². The number of anilines is 1. The van der Waals surface area contributed by atoms with Gasteiger partial charge in [0.1, 0.15) is 5.82 Å². The molecule has 11 heteroatoms. The molecule has 1 aliphatic rings. The van der Waals surface area contributed by atoms with Crippen molar-refractivity contribution in [1.82, 2.24) is 9.78 Å². The van der Waals surface area contributed by atoms with Crippen LogP contribution in [0.5, 0.6) is 0 Å². The van der Waals surface area contributed by atoms with E-state index in [2.05, 4.69) is 10.4 Å². The van der Waals surface area contributed by atoms with E-state index in [4.69, 9.17) is 11.6 Å². The number of halogens is 5. The first-order valence-corrected chi connectivity index (χ1v) is 12.2. The first kappa shape index (κ1) is 25.7. The third-order valence-electron chi connectivity index (χ3n) is 6.60. The number of hydrogen-bond donors (Lipinski definition) is 1. The highest BCUT2D eigenvalue weighted by molar-refractivity contribution is 6.31. The molecule has 4 aromatic rings. The number of nitrogens with zero attached hydrogens (tertiary/aromatic N) is 3. The van der Waals surface area contributed by atoms with Crippen molar-refractivity contribution in [2.45, 2.75) is 38.2 Å². The molecule has 1 aliphatic heterocycles. The number of fused-ring (bicyclic) bond motifs is 4. The predicted molar refractivity (Wildman–Crippen MR) is 134 cm³/mol. The van der Waals surface area contributed by atoms with Gasteiger partial charge in [-0.25, -0.2) is 13.5 Å². The molecule has 0 spiro atoms. The zero-order valence-corrected chi connectivity index (χ0v) is 20.6. The monoisotopic (exact) mass is 544 g/mol. The molecule has 0 radical (unpaired) electrons. The Morgan fingerprint density at radius 3 is 2.68 bits per heavy atom. The zero-order valence-electron chi connectivity index (χ0n) is 19.8. The lowest BCUT2D eigenvalue weighted by molar-refractivity contribution is -0.614. The number of pyridine rings is 1. The molecule has 2 aromatic carbocycles. The van der Waals surface area contributed by atoms with Crippen molar-refractivity contribution in [2.24, 2.45) is 0 Å². The summed E-state index contributed by atoms with van der Waals surface area (Å²) in [6.07, 6.45) is 3.99. The summed E-state index contributed by atoms with van der Waals surface area (Å²) in [5, 5.41) is 19.4. The van der Waals surface area contributed by atoms with Gasteiger partial charge in [0.25, 0.3) is 0 Å². The van der Waals surface area contributed by atoms with Crippen molar-refractivity contribution in [3.63, 3.8) is 0 Å². The van der Waals surface area contributed by atoms with Crippen molar-refractivity contribution in [3.8, 4) is 22.4 Å². The number of aromatic nitrogens is 3. The van der Waals surface area contributed by atoms with Crippen LogP contribution in [0.4, 0.5) is 23.2 Å². The highest BCUT2D eigenvalue weighted by Gasteiger charge is 2.27. The van der Waals surface area contributed by atoms with Gasteiger partial charge >= 0.3 is 6.55 Å². The largest absolute Gasteiger partial charge is 0.618 e. The molecule has 38 heavy (non-hydrogen) atoms. The normalized spacial score (nSPS) is 15.9. The van der Waals surface area contributed by atoms with Crippen LogP contribution in [0, 0.1) is 16.8 Å². The second-order valence-electron chi connectivity index (χ2n) is 8.99. The van der Waals surface area contributed by atoms with E-state index in [1.54, 1.807) is 24.3 Å². The van der Waals surface area contributed by atoms with Gasteiger partial charge in [-0.3, -0.25) is 4.79 Å². The second-order valence-corrected chi connectivity index (χ2v) is 9.39. The van der Waals surface area contributed by atoms with Crippen LogP contribution in [-0.4, -0.2) is 15.7 Å². The first-order valence-electron chi connectivity index (χ1n) is 11.9. The fraction of sp³-hybridized carbons (Fsp3) is 0.222. The Balaban J connectivity index is 1.61. The summed E-state index contributed by atoms with van der Waals surface area (Å²) in [7, 11) is 0. The Bertz CT molecular complexity index is 1530. The minimum atomic E-state index is -2.94. The number of nitrogens with one attached hydrogen (secondary N) is 1. The van der Waals surface area contributed by atoms with Crippen LogP contribution in [0.2, 0.25) is 5.02 Å². The van der Waals surface area contributed by atoms with Crippen LogP contribution >= 0.6 is 11.6 Å². The lowest BCUT2D eigenvalue weighted by Crippen LogP contribution is -2.33. The maximum absolute atomic E-state index is 14.6. The highest BCUT2D eigenvalue weighted by Crippen LogP contribution is 2.37. The van der Waals surface area contributed by atoms with E-state index >= 15 is 0 Å². The first-order chi connectivity index (χ1) is 18.2. The number of benzene rings is 2. The number of alkyl halides is 2. The topological polar surface area (TPSA) is 73.9 Å². The van der Waals surface area contributed by atoms with Gasteiger partial charge in [0.05, 0.1) is 39.6 Å². The molecule has 3 heterocycles. The number of rotatable bonds is 3. The van der Waals surface area contributed by atoms with Gasteiger partial charge in [-0.2, -0.15) is 18.6 Å². The molecule has 196 valence electrons. The average Bonchev–Trinajstić information content (AvgIpc) is 3.30. The van der Waals surface area contributed by atoms with Crippen molar-refractivity contribution in [2.75, 3.05) is 5.32 Å². The standard InChI is InChI=1S/C27H21ClF4N4O2/c28-19-9-10-20(29)24(25(19)30)17-8-11-22(35(38)14-17)18-6-1-2-7-23(37)34-21-13-33-36(27(31)32)26(21)16-5-3-4-15(18)12-16/h3-5,8-14,18,27H,1-2,6-7H2,(H,34,37)/t18-/m0/s1. The van der Waals surface area contributed by atoms with Crippen LogP contribution in [0.15, 0.2) is 60.9 Å². The third-order valence-corrected chi connectivity index (χ3v) is 6.89. The molecule has 2 bridgehead atoms. The predicted octanol–water partition coefficient (Wildman–Crippen LogP) is 6.82. The lowest BCUT2D eigenvalue weighted by Gasteiger charge is -2.20. The van der Waals surface area contributed by atoms with Gasteiger partial charge in [0.2, 0.25) is 5.91 Å². The molecule has 0 fully saturated rings. The lowest BCUT2D eigenvalue weighted by atomic mass is 9.88. The number of carbonyl (C=O) groups is 1. The number of carbonyl (C=O) groups excluding carboxylic acids is 1. The number of amides is 1. The Labute approximate surface area is 220 Å². The van der Waals surface area contributed by atoms with E-state index in [-0.39, 0.29) is 34.3 Å². The van der Waals surface area contributed by atoms with Gasteiger partial charge in [0.15, 0.2) is 17.7 Å². The molecule has 5 rings (SSSR count). The van der Waals surface area contributed by atoms with Crippen LogP contribution < -0.4 is 10.0 Å². The highest BCUT2D eigenvalue weighted by atomic mass is 35.5. The van der Waals surface area contributed by atoms with Crippen LogP contribution in [0.1, 0.15) is 49.4 Å². The van der Waals surface area contributed by atoms with E-state index in [0.717, 1.165) is 18.3 Å². The van der Waals surface area contributed by atoms with E-state index < -0.39 is 29.7 Å². The van der Waals surface area contributed by atoms with Gasteiger partial charge < -0.3 is 10.5 Å². The summed E-state index contributed by atoms with van der Waals surface area (Å²) in [4.78, 5) is 12.5. The van der Waals surface area contributed by atoms with Gasteiger partial charge in [-0.05, 0) is 42.7 Å². The fourth-order valence-electron chi connectivity index (χ4n) is 4.83. The molecule has 6 nitrogen and oxygen atoms in total. The van der Waals surface area contributed by atoms with Crippen molar-refractivity contribution < 1.29 is 27.1 Å². The minimum Gasteiger partial charge on any atom is -0.618 e. The Hall–Kier alpha value is -3.92. The molecule has 0 aliphatic carbocycles. The Kier molecular flexibility index (Phi) is 7.07. The summed E-state index contributed by atoms with van der Waals surface area (Å²) in [5.74, 6) is -2.64. The van der Waals surface area contributed by atoms with E-state index in [0.29, 0.717) is 45.5 Å². The third kappa shape index (κ3) is 4.83. The molecule has 0 saturated heterocycles. The van der Waals surface area contributed by atoms with Gasteiger partial charge in [-0.15, -0.1) is 0 Å². The molecular weight excluding hydrogens is 524 g/mol. The smallest absolute Gasteiger partial charge is 0.333 e. The molecule has 0 saturated carbocycles. The fourth-order valence-corrected chi connectivity index (χ4v) is 4.98. The maximum Gasteiger partial charge on any atom is 0.333 e. The number of hydrogen-bond acceptors (Lipinski definition) is 3. The zero-order chi connectivity index (χ0) is 27.0. The summed E-state index contributed by atoms with van der Waals surface area (Å²) in [5.41, 5.74) is 1.19. The minimum absolute atomic E-state index is 0.0188. The summed E-state index contributed by atoms with van der Waals surface area (Å²) < 4.78 is 57.6. The molecule has 2 aromatic heterocycles. The Morgan fingerprint density at radius 1 is 1.11 bits per heavy atom. The van der Waals surface area contributed by atoms with Crippen molar-refractivity contribution >= 4 is 23.2 Å². The van der Waals surface area contributed by atoms with E-state index in [1.165, 1.54) is 18.3 Å². The van der Waals surface area contributed by atoms with E-state index in [9.17, 15) is 27.6 Å². The second kappa shape index (κ2) is 10.4. The summed E-state index contributed by atoms with van der Waals surface area (Å²) in [6, 6.07) is 11.8. The summed E-state index contributed by atoms with van der Waals surface area (Å²) >= 11 is 5.81. The van der Waals surface area contributed by atoms with Gasteiger partial charge in [0, 0.05) is 18.1 Å². The van der Waals surface area contributed by atoms with Crippen molar-refractivity contribution in [3.05, 3.63) is 94.0 Å². The maximum atomic E-state index is 14.6. The SMILES string of the molecule is O=C1CCCC[C@H](c2ccc(-c3c(F)ccc(Cl)c3F)c[n+]2[O-])c2cccc(c2)-c2c(cnn2C(F)F)N1. The van der Waals surface area contributed by atoms with Crippen LogP contribution in [0.3, 0.4) is 0 Å². The molecule has 1 amide bonds. The average molecular weight is 545 g/mol. The Morgan fingerprint density at radius 2 is 1.92 bits per heavy atom. The quantitative estimate of drug-likeness (QED) is 0.133. The van der Waals surface area contributed by atoms with Gasteiger partial charge in [-0.1, -0.05) is 36.2 Å². The molecular formula is C27H21ClF4N4O2. The molecule has 1 N–H and O–H groups in total. The summed E-state index contributed by atoms with van der Waals surface area (Å²) in [6.45, 7) is -2.94. The van der Waals surface area contributed by atoms with Crippen LogP contribution in [-0.2, 0) is 4.79 Å². The van der Waals surface area contributed by atoms with E-state index in [1.807, 2.05) is 0 Å².